The Kier molecular flexibility index (Phi) is 5.52. The van der Waals surface area contributed by atoms with E-state index in [1.807, 2.05) is 24.0 Å². The van der Waals surface area contributed by atoms with Gasteiger partial charge in [-0.05, 0) is 56.9 Å². The molecule has 0 bridgehead atoms. The van der Waals surface area contributed by atoms with E-state index in [-0.39, 0.29) is 11.9 Å². The maximum absolute atomic E-state index is 13.2. The number of ether oxygens (including phenoxy) is 2. The van der Waals surface area contributed by atoms with Gasteiger partial charge in [-0.1, -0.05) is 17.8 Å². The van der Waals surface area contributed by atoms with Crippen LogP contribution in [0, 0.1) is 20.8 Å². The number of fused-ring (bicyclic) bond motifs is 2. The zero-order valence-electron chi connectivity index (χ0n) is 17.9. The highest BCUT2D eigenvalue weighted by Gasteiger charge is 2.31. The second kappa shape index (κ2) is 8.31. The average molecular weight is 456 g/mol. The number of benzene rings is 1. The van der Waals surface area contributed by atoms with Crippen molar-refractivity contribution in [2.24, 2.45) is 0 Å². The molecule has 4 heterocycles. The van der Waals surface area contributed by atoms with Crippen molar-refractivity contribution in [3.63, 3.8) is 0 Å². The number of carbonyl (C=O) groups is 1. The van der Waals surface area contributed by atoms with E-state index in [0.717, 1.165) is 57.5 Å². The molecular formula is C23H25N3O3S2. The Balaban J connectivity index is 1.34. The van der Waals surface area contributed by atoms with E-state index in [1.165, 1.54) is 22.2 Å². The summed E-state index contributed by atoms with van der Waals surface area (Å²) in [5.74, 6) is 2.84. The van der Waals surface area contributed by atoms with Crippen LogP contribution in [0.3, 0.4) is 0 Å². The molecule has 1 aromatic carbocycles. The number of hydrogen-bond acceptors (Lipinski definition) is 7. The van der Waals surface area contributed by atoms with Crippen LogP contribution in [0.1, 0.15) is 40.7 Å². The van der Waals surface area contributed by atoms with Crippen LogP contribution < -0.4 is 9.47 Å². The number of hydrogen-bond donors (Lipinski definition) is 0. The molecule has 0 radical (unpaired) electrons. The van der Waals surface area contributed by atoms with Crippen LogP contribution in [0.15, 0.2) is 23.2 Å². The molecule has 3 aromatic rings. The molecular weight excluding hydrogens is 430 g/mol. The normalized spacial score (nSPS) is 18.0. The summed E-state index contributed by atoms with van der Waals surface area (Å²) in [5.41, 5.74) is 2.33. The zero-order valence-corrected chi connectivity index (χ0v) is 19.6. The molecule has 1 saturated heterocycles. The van der Waals surface area contributed by atoms with Gasteiger partial charge in [0.15, 0.2) is 11.5 Å². The van der Waals surface area contributed by atoms with Gasteiger partial charge in [0.25, 0.3) is 0 Å². The fourth-order valence-corrected chi connectivity index (χ4v) is 6.47. The summed E-state index contributed by atoms with van der Waals surface area (Å²) in [7, 11) is 0. The maximum Gasteiger partial charge on any atom is 0.233 e. The van der Waals surface area contributed by atoms with Gasteiger partial charge in [-0.15, -0.1) is 11.3 Å². The lowest BCUT2D eigenvalue weighted by Gasteiger charge is -2.26. The first kappa shape index (κ1) is 20.6. The van der Waals surface area contributed by atoms with Crippen LogP contribution in [0.2, 0.25) is 0 Å². The minimum Gasteiger partial charge on any atom is -0.486 e. The Labute approximate surface area is 190 Å². The number of thioether (sulfide) groups is 1. The summed E-state index contributed by atoms with van der Waals surface area (Å²) in [4.78, 5) is 26.7. The van der Waals surface area contributed by atoms with Crippen molar-refractivity contribution in [3.05, 3.63) is 40.0 Å². The second-order valence-corrected chi connectivity index (χ2v) is 10.1. The molecule has 0 aliphatic carbocycles. The Morgan fingerprint density at radius 3 is 2.84 bits per heavy atom. The SMILES string of the molecule is Cc1nc(SCC(=O)N2CCC[C@@H]2c2ccc3c(c2)OCCO3)c2c(C)c(C)sc2n1. The molecule has 2 aliphatic rings. The van der Waals surface area contributed by atoms with Crippen molar-refractivity contribution in [1.82, 2.24) is 14.9 Å². The molecule has 2 aromatic heterocycles. The third kappa shape index (κ3) is 3.87. The fourth-order valence-electron chi connectivity index (χ4n) is 4.31. The molecule has 1 atom stereocenters. The van der Waals surface area contributed by atoms with Crippen LogP contribution in [-0.2, 0) is 4.79 Å². The predicted molar refractivity (Wildman–Crippen MR) is 123 cm³/mol. The molecule has 31 heavy (non-hydrogen) atoms. The van der Waals surface area contributed by atoms with Crippen molar-refractivity contribution in [2.75, 3.05) is 25.5 Å². The van der Waals surface area contributed by atoms with E-state index in [4.69, 9.17) is 9.47 Å². The number of carbonyl (C=O) groups excluding carboxylic acids is 1. The number of nitrogens with zero attached hydrogens (tertiary/aromatic N) is 3. The molecule has 2 aliphatic heterocycles. The number of amides is 1. The Morgan fingerprint density at radius 2 is 2.00 bits per heavy atom. The molecule has 5 rings (SSSR count). The third-order valence-electron chi connectivity index (χ3n) is 5.96. The van der Waals surface area contributed by atoms with Crippen molar-refractivity contribution >= 4 is 39.2 Å². The van der Waals surface area contributed by atoms with Gasteiger partial charge in [0, 0.05) is 16.8 Å². The van der Waals surface area contributed by atoms with E-state index in [9.17, 15) is 4.79 Å². The van der Waals surface area contributed by atoms with E-state index in [2.05, 4.69) is 29.9 Å². The summed E-state index contributed by atoms with van der Waals surface area (Å²) < 4.78 is 11.4. The van der Waals surface area contributed by atoms with E-state index in [1.54, 1.807) is 11.3 Å². The van der Waals surface area contributed by atoms with Gasteiger partial charge in [0.1, 0.15) is 28.9 Å². The van der Waals surface area contributed by atoms with Gasteiger partial charge >= 0.3 is 0 Å². The van der Waals surface area contributed by atoms with Crippen molar-refractivity contribution < 1.29 is 14.3 Å². The lowest BCUT2D eigenvalue weighted by atomic mass is 10.0. The summed E-state index contributed by atoms with van der Waals surface area (Å²) in [6, 6.07) is 6.14. The smallest absolute Gasteiger partial charge is 0.233 e. The molecule has 1 fully saturated rings. The number of aryl methyl sites for hydroxylation is 3. The Morgan fingerprint density at radius 1 is 1.19 bits per heavy atom. The number of aromatic nitrogens is 2. The lowest BCUT2D eigenvalue weighted by Crippen LogP contribution is -2.32. The molecule has 8 heteroatoms. The zero-order chi connectivity index (χ0) is 21.5. The van der Waals surface area contributed by atoms with Crippen molar-refractivity contribution in [2.45, 2.75) is 44.7 Å². The Hall–Kier alpha value is -2.32. The van der Waals surface area contributed by atoms with Gasteiger partial charge in [-0.25, -0.2) is 9.97 Å². The first-order chi connectivity index (χ1) is 15.0. The van der Waals surface area contributed by atoms with Gasteiger partial charge in [-0.3, -0.25) is 4.79 Å². The summed E-state index contributed by atoms with van der Waals surface area (Å²) in [6.45, 7) is 8.06. The predicted octanol–water partition coefficient (Wildman–Crippen LogP) is 4.84. The highest BCUT2D eigenvalue weighted by atomic mass is 32.2. The molecule has 1 amide bonds. The summed E-state index contributed by atoms with van der Waals surface area (Å²) in [6.07, 6.45) is 1.98. The standard InChI is InChI=1S/C23H25N3O3S2/c1-13-14(2)31-23-21(13)22(24-15(3)25-23)30-12-20(27)26-8-4-5-17(26)16-6-7-18-19(11-16)29-10-9-28-18/h6-7,11,17H,4-5,8-10,12H2,1-3H3/t17-/m1/s1. The van der Waals surface area contributed by atoms with Gasteiger partial charge < -0.3 is 14.4 Å². The highest BCUT2D eigenvalue weighted by molar-refractivity contribution is 8.00. The highest BCUT2D eigenvalue weighted by Crippen LogP contribution is 2.39. The van der Waals surface area contributed by atoms with Gasteiger partial charge in [0.2, 0.25) is 5.91 Å². The van der Waals surface area contributed by atoms with Crippen molar-refractivity contribution in [3.8, 4) is 11.5 Å². The van der Waals surface area contributed by atoms with Crippen LogP contribution in [0.5, 0.6) is 11.5 Å². The first-order valence-corrected chi connectivity index (χ1v) is 12.4. The van der Waals surface area contributed by atoms with E-state index in [0.29, 0.717) is 19.0 Å². The minimum absolute atomic E-state index is 0.0845. The van der Waals surface area contributed by atoms with Crippen LogP contribution in [0.25, 0.3) is 10.2 Å². The molecule has 0 spiro atoms. The second-order valence-electron chi connectivity index (χ2n) is 7.98. The topological polar surface area (TPSA) is 64.6 Å². The quantitative estimate of drug-likeness (QED) is 0.414. The minimum atomic E-state index is 0.0845. The average Bonchev–Trinajstić information content (AvgIpc) is 3.36. The lowest BCUT2D eigenvalue weighted by molar-refractivity contribution is -0.129. The molecule has 162 valence electrons. The van der Waals surface area contributed by atoms with Crippen LogP contribution in [0.4, 0.5) is 0 Å². The van der Waals surface area contributed by atoms with E-state index >= 15 is 0 Å². The van der Waals surface area contributed by atoms with Crippen molar-refractivity contribution in [1.29, 1.82) is 0 Å². The molecule has 6 nitrogen and oxygen atoms in total. The molecule has 0 N–H and O–H groups in total. The van der Waals surface area contributed by atoms with Crippen LogP contribution >= 0.6 is 23.1 Å². The van der Waals surface area contributed by atoms with Gasteiger partial charge in [-0.2, -0.15) is 0 Å². The molecule has 0 unspecified atom stereocenters. The first-order valence-electron chi connectivity index (χ1n) is 10.6. The Bertz CT molecular complexity index is 1160. The van der Waals surface area contributed by atoms with E-state index < -0.39 is 0 Å². The monoisotopic (exact) mass is 455 g/mol. The van der Waals surface area contributed by atoms with Crippen LogP contribution in [-0.4, -0.2) is 46.3 Å². The summed E-state index contributed by atoms with van der Waals surface area (Å²) in [5, 5.41) is 2.00. The number of rotatable bonds is 4. The van der Waals surface area contributed by atoms with Gasteiger partial charge in [0.05, 0.1) is 11.8 Å². The largest absolute Gasteiger partial charge is 0.486 e. The maximum atomic E-state index is 13.2. The fraction of sp³-hybridized carbons (Fsp3) is 0.435. The number of thiophene rings is 1. The summed E-state index contributed by atoms with van der Waals surface area (Å²) >= 11 is 3.22. The molecule has 0 saturated carbocycles. The third-order valence-corrected chi connectivity index (χ3v) is 8.03. The number of likely N-dealkylation sites (tertiary alicyclic amines) is 1.